The van der Waals surface area contributed by atoms with Crippen molar-refractivity contribution in [3.63, 3.8) is 0 Å². The summed E-state index contributed by atoms with van der Waals surface area (Å²) in [7, 11) is 1.93. The van der Waals surface area contributed by atoms with E-state index in [4.69, 9.17) is 4.98 Å². The lowest BCUT2D eigenvalue weighted by Crippen LogP contribution is -1.86. The molecule has 0 saturated heterocycles. The van der Waals surface area contributed by atoms with Gasteiger partial charge in [0.05, 0.1) is 10.2 Å². The molecular weight excluding hydrogens is 355 g/mol. The molecule has 90 valence electrons. The maximum Gasteiger partial charge on any atom is 0.124 e. The zero-order valence-corrected chi connectivity index (χ0v) is 12.7. The third kappa shape index (κ3) is 2.10. The van der Waals surface area contributed by atoms with Crippen molar-refractivity contribution in [3.8, 4) is 10.6 Å². The van der Waals surface area contributed by atoms with Gasteiger partial charge >= 0.3 is 0 Å². The first-order valence-electron chi connectivity index (χ1n) is 5.61. The molecule has 0 aliphatic carbocycles. The van der Waals surface area contributed by atoms with Crippen LogP contribution in [0.1, 0.15) is 0 Å². The van der Waals surface area contributed by atoms with Crippen molar-refractivity contribution < 1.29 is 0 Å². The lowest BCUT2D eigenvalue weighted by Gasteiger charge is -2.00. The van der Waals surface area contributed by atoms with Crippen LogP contribution in [-0.2, 0) is 0 Å². The minimum Gasteiger partial charge on any atom is -0.388 e. The molecule has 0 saturated carbocycles. The molecule has 3 rings (SSSR count). The molecule has 0 aliphatic heterocycles. The molecule has 0 spiro atoms. The van der Waals surface area contributed by atoms with E-state index >= 15 is 0 Å². The first kappa shape index (κ1) is 11.9. The number of aromatic nitrogens is 1. The Balaban J connectivity index is 2.10. The summed E-state index contributed by atoms with van der Waals surface area (Å²) >= 11 is 4.11. The predicted molar refractivity (Wildman–Crippen MR) is 87.3 cm³/mol. The first-order chi connectivity index (χ1) is 8.78. The fourth-order valence-corrected chi connectivity index (χ4v) is 3.61. The summed E-state index contributed by atoms with van der Waals surface area (Å²) in [5.41, 5.74) is 3.38. The van der Waals surface area contributed by atoms with Gasteiger partial charge in [0.25, 0.3) is 0 Å². The van der Waals surface area contributed by atoms with E-state index in [9.17, 15) is 0 Å². The first-order valence-corrected chi connectivity index (χ1v) is 7.51. The Morgan fingerprint density at radius 1 is 1.11 bits per heavy atom. The van der Waals surface area contributed by atoms with Gasteiger partial charge in [0, 0.05) is 21.9 Å². The highest BCUT2D eigenvalue weighted by Gasteiger charge is 2.08. The van der Waals surface area contributed by atoms with Crippen LogP contribution in [0.5, 0.6) is 0 Å². The molecule has 0 fully saturated rings. The van der Waals surface area contributed by atoms with Crippen LogP contribution in [0.2, 0.25) is 0 Å². The Morgan fingerprint density at radius 3 is 2.56 bits per heavy atom. The molecule has 0 radical (unpaired) electrons. The highest BCUT2D eigenvalue weighted by Crippen LogP contribution is 2.33. The second-order valence-corrected chi connectivity index (χ2v) is 6.10. The molecule has 1 aromatic heterocycles. The maximum absolute atomic E-state index is 4.69. The van der Waals surface area contributed by atoms with Crippen molar-refractivity contribution in [2.24, 2.45) is 0 Å². The molecular formula is C14H11IN2S. The van der Waals surface area contributed by atoms with Crippen molar-refractivity contribution in [3.05, 3.63) is 46.0 Å². The normalized spacial score (nSPS) is 10.8. The minimum absolute atomic E-state index is 1.08. The Morgan fingerprint density at radius 2 is 1.89 bits per heavy atom. The molecule has 2 nitrogen and oxygen atoms in total. The summed E-state index contributed by atoms with van der Waals surface area (Å²) in [4.78, 5) is 4.69. The topological polar surface area (TPSA) is 24.9 Å². The fraction of sp³-hybridized carbons (Fsp3) is 0.0714. The van der Waals surface area contributed by atoms with E-state index in [-0.39, 0.29) is 0 Å². The van der Waals surface area contributed by atoms with Crippen LogP contribution in [0.4, 0.5) is 5.69 Å². The summed E-state index contributed by atoms with van der Waals surface area (Å²) in [5, 5.41) is 4.20. The van der Waals surface area contributed by atoms with Crippen LogP contribution in [0.15, 0.2) is 42.5 Å². The molecule has 0 amide bonds. The Kier molecular flexibility index (Phi) is 3.22. The van der Waals surface area contributed by atoms with E-state index in [1.54, 1.807) is 11.3 Å². The second kappa shape index (κ2) is 4.85. The quantitative estimate of drug-likeness (QED) is 0.670. The van der Waals surface area contributed by atoms with Gasteiger partial charge in [-0.1, -0.05) is 6.07 Å². The Hall–Kier alpha value is -1.14. The molecule has 1 heterocycles. The largest absolute Gasteiger partial charge is 0.388 e. The van der Waals surface area contributed by atoms with Crippen molar-refractivity contribution in [1.29, 1.82) is 0 Å². The minimum atomic E-state index is 1.08. The third-order valence-electron chi connectivity index (χ3n) is 2.79. The van der Waals surface area contributed by atoms with Crippen molar-refractivity contribution in [2.75, 3.05) is 12.4 Å². The number of nitrogens with zero attached hydrogens (tertiary/aromatic N) is 1. The summed E-state index contributed by atoms with van der Waals surface area (Å²) in [6.45, 7) is 0. The standard InChI is InChI=1S/C14H11IN2S/c1-16-10-7-5-9(6-8-10)14-17-12-4-2-3-11(15)13(12)18-14/h2-8,16H,1H3. The summed E-state index contributed by atoms with van der Waals surface area (Å²) in [6.07, 6.45) is 0. The van der Waals surface area contributed by atoms with Gasteiger partial charge in [-0.15, -0.1) is 11.3 Å². The number of rotatable bonds is 2. The zero-order chi connectivity index (χ0) is 12.5. The average Bonchev–Trinajstić information content (AvgIpc) is 2.84. The molecule has 0 bridgehead atoms. The average molecular weight is 366 g/mol. The number of nitrogens with one attached hydrogen (secondary N) is 1. The van der Waals surface area contributed by atoms with Crippen molar-refractivity contribution in [1.82, 2.24) is 4.98 Å². The van der Waals surface area contributed by atoms with E-state index in [1.165, 1.54) is 13.8 Å². The number of anilines is 1. The molecule has 3 aromatic rings. The van der Waals surface area contributed by atoms with E-state index in [1.807, 2.05) is 7.05 Å². The van der Waals surface area contributed by atoms with Gasteiger partial charge in [-0.05, 0) is 59.0 Å². The number of hydrogen-bond acceptors (Lipinski definition) is 3. The molecule has 0 aliphatic rings. The second-order valence-electron chi connectivity index (χ2n) is 3.93. The van der Waals surface area contributed by atoms with Crippen LogP contribution < -0.4 is 5.32 Å². The van der Waals surface area contributed by atoms with Gasteiger partial charge in [0.1, 0.15) is 5.01 Å². The van der Waals surface area contributed by atoms with Crippen LogP contribution in [0.3, 0.4) is 0 Å². The van der Waals surface area contributed by atoms with Crippen molar-refractivity contribution in [2.45, 2.75) is 0 Å². The number of hydrogen-bond donors (Lipinski definition) is 1. The summed E-state index contributed by atoms with van der Waals surface area (Å²) < 4.78 is 2.53. The van der Waals surface area contributed by atoms with E-state index in [0.717, 1.165) is 16.2 Å². The third-order valence-corrected chi connectivity index (χ3v) is 5.21. The van der Waals surface area contributed by atoms with Gasteiger partial charge in [-0.25, -0.2) is 4.98 Å². The highest BCUT2D eigenvalue weighted by molar-refractivity contribution is 14.1. The lowest BCUT2D eigenvalue weighted by molar-refractivity contribution is 1.46. The maximum atomic E-state index is 4.69. The molecule has 0 atom stereocenters. The number of fused-ring (bicyclic) bond motifs is 1. The van der Waals surface area contributed by atoms with E-state index < -0.39 is 0 Å². The van der Waals surface area contributed by atoms with Crippen molar-refractivity contribution >= 4 is 49.8 Å². The summed E-state index contributed by atoms with van der Waals surface area (Å²) in [5.74, 6) is 0. The van der Waals surface area contributed by atoms with Crippen LogP contribution in [0.25, 0.3) is 20.8 Å². The smallest absolute Gasteiger partial charge is 0.124 e. The van der Waals surface area contributed by atoms with Crippen LogP contribution in [-0.4, -0.2) is 12.0 Å². The van der Waals surface area contributed by atoms with Gasteiger partial charge < -0.3 is 5.32 Å². The Bertz CT molecular complexity index is 689. The van der Waals surface area contributed by atoms with Crippen LogP contribution >= 0.6 is 33.9 Å². The van der Waals surface area contributed by atoms with Gasteiger partial charge in [0.2, 0.25) is 0 Å². The highest BCUT2D eigenvalue weighted by atomic mass is 127. The Labute approximate surface area is 123 Å². The fourth-order valence-electron chi connectivity index (χ4n) is 1.82. The SMILES string of the molecule is CNc1ccc(-c2nc3cccc(I)c3s2)cc1. The zero-order valence-electron chi connectivity index (χ0n) is 9.77. The van der Waals surface area contributed by atoms with Crippen LogP contribution in [0, 0.1) is 3.57 Å². The molecule has 4 heteroatoms. The van der Waals surface area contributed by atoms with Gasteiger partial charge in [0.15, 0.2) is 0 Å². The summed E-state index contributed by atoms with van der Waals surface area (Å²) in [6, 6.07) is 14.6. The van der Waals surface area contributed by atoms with Gasteiger partial charge in [-0.2, -0.15) is 0 Å². The van der Waals surface area contributed by atoms with Gasteiger partial charge in [-0.3, -0.25) is 0 Å². The molecule has 1 N–H and O–H groups in total. The predicted octanol–water partition coefficient (Wildman–Crippen LogP) is 4.61. The number of thiazole rings is 1. The van der Waals surface area contributed by atoms with E-state index in [0.29, 0.717) is 0 Å². The molecule has 0 unspecified atom stereocenters. The number of benzene rings is 2. The monoisotopic (exact) mass is 366 g/mol. The molecule has 18 heavy (non-hydrogen) atoms. The lowest BCUT2D eigenvalue weighted by atomic mass is 10.2. The molecule has 2 aromatic carbocycles. The van der Waals surface area contributed by atoms with E-state index in [2.05, 4.69) is 70.4 Å². The number of halogens is 1.